The Labute approximate surface area is 81.2 Å². The van der Waals surface area contributed by atoms with Crippen LogP contribution in [0.15, 0.2) is 0 Å². The van der Waals surface area contributed by atoms with E-state index >= 15 is 0 Å². The molecule has 0 fully saturated rings. The maximum atomic E-state index is 11.5. The smallest absolute Gasteiger partial charge is 0.261 e. The predicted octanol–water partition coefficient (Wildman–Crippen LogP) is 0.703. The van der Waals surface area contributed by atoms with Gasteiger partial charge in [0.1, 0.15) is 6.61 Å². The van der Waals surface area contributed by atoms with Gasteiger partial charge >= 0.3 is 0 Å². The maximum absolute atomic E-state index is 11.5. The number of amides is 1. The van der Waals surface area contributed by atoms with E-state index in [2.05, 4.69) is 22.7 Å². The number of rotatable bonds is 6. The molecule has 78 valence electrons. The molecule has 1 unspecified atom stereocenters. The molecule has 0 aliphatic rings. The third kappa shape index (κ3) is 7.98. The molecule has 1 amide bonds. The van der Waals surface area contributed by atoms with Gasteiger partial charge in [0.15, 0.2) is 0 Å². The summed E-state index contributed by atoms with van der Waals surface area (Å²) in [6, 6.07) is 0. The molecule has 0 saturated carbocycles. The second kappa shape index (κ2) is 7.08. The van der Waals surface area contributed by atoms with Crippen molar-refractivity contribution in [3.05, 3.63) is 0 Å². The Bertz CT molecular complexity index is 155. The summed E-state index contributed by atoms with van der Waals surface area (Å²) in [5.41, 5.74) is 0. The van der Waals surface area contributed by atoms with Crippen LogP contribution in [0.5, 0.6) is 0 Å². The fourth-order valence-corrected chi connectivity index (χ4v) is 0.658. The Balaban J connectivity index is 3.21. The Kier molecular flexibility index (Phi) is 6.89. The van der Waals surface area contributed by atoms with Crippen LogP contribution in [0.2, 0.25) is 0 Å². The molecule has 3 nitrogen and oxygen atoms in total. The van der Waals surface area contributed by atoms with Gasteiger partial charge in [0.05, 0.1) is 11.9 Å². The first-order chi connectivity index (χ1) is 6.04. The van der Waals surface area contributed by atoms with E-state index in [0.717, 1.165) is 0 Å². The number of nitrogens with one attached hydrogen (secondary N) is 1. The summed E-state index contributed by atoms with van der Waals surface area (Å²) in [6.45, 7) is 1.36. The first-order valence-corrected chi connectivity index (χ1v) is 4.37. The number of carbonyl (C=O) groups is 1. The van der Waals surface area contributed by atoms with Crippen molar-refractivity contribution in [3.8, 4) is 0 Å². The van der Waals surface area contributed by atoms with Crippen LogP contribution in [0, 0.1) is 0 Å². The Morgan fingerprint density at radius 1 is 1.62 bits per heavy atom. The lowest BCUT2D eigenvalue weighted by molar-refractivity contribution is -0.120. The SMILES string of the molecule is CC(S)C(=O)NCCOCC(F)F. The molecule has 1 atom stereocenters. The van der Waals surface area contributed by atoms with Crippen LogP contribution in [0.3, 0.4) is 0 Å². The molecule has 0 aromatic heterocycles. The molecule has 0 bridgehead atoms. The predicted molar refractivity (Wildman–Crippen MR) is 48.3 cm³/mol. The standard InChI is InChI=1S/C7H13F2NO2S/c1-5(13)7(11)10-2-3-12-4-6(8)9/h5-6,13H,2-4H2,1H3,(H,10,11). The highest BCUT2D eigenvalue weighted by Gasteiger charge is 2.06. The Hall–Kier alpha value is -0.360. The Morgan fingerprint density at radius 2 is 2.23 bits per heavy atom. The van der Waals surface area contributed by atoms with Crippen LogP contribution in [-0.4, -0.2) is 37.3 Å². The van der Waals surface area contributed by atoms with Crippen LogP contribution in [0.1, 0.15) is 6.92 Å². The van der Waals surface area contributed by atoms with Crippen molar-refractivity contribution in [2.75, 3.05) is 19.8 Å². The molecule has 0 rings (SSSR count). The number of hydrogen-bond donors (Lipinski definition) is 2. The molecule has 0 radical (unpaired) electrons. The van der Waals surface area contributed by atoms with E-state index in [9.17, 15) is 13.6 Å². The van der Waals surface area contributed by atoms with Crippen LogP contribution in [-0.2, 0) is 9.53 Å². The lowest BCUT2D eigenvalue weighted by Crippen LogP contribution is -2.32. The zero-order valence-electron chi connectivity index (χ0n) is 7.30. The zero-order chi connectivity index (χ0) is 10.3. The first kappa shape index (κ1) is 12.6. The van der Waals surface area contributed by atoms with E-state index < -0.39 is 18.3 Å². The first-order valence-electron chi connectivity index (χ1n) is 3.85. The van der Waals surface area contributed by atoms with Crippen LogP contribution in [0.4, 0.5) is 8.78 Å². The molecule has 0 aromatic carbocycles. The molecule has 0 spiro atoms. The van der Waals surface area contributed by atoms with Gasteiger partial charge in [-0.25, -0.2) is 8.78 Å². The molecular formula is C7H13F2NO2S. The van der Waals surface area contributed by atoms with Crippen molar-refractivity contribution in [2.24, 2.45) is 0 Å². The fraction of sp³-hybridized carbons (Fsp3) is 0.857. The minimum absolute atomic E-state index is 0.0938. The van der Waals surface area contributed by atoms with Crippen LogP contribution < -0.4 is 5.32 Å². The third-order valence-corrected chi connectivity index (χ3v) is 1.40. The lowest BCUT2D eigenvalue weighted by atomic mass is 10.4. The summed E-state index contributed by atoms with van der Waals surface area (Å²) >= 11 is 3.88. The maximum Gasteiger partial charge on any atom is 0.261 e. The summed E-state index contributed by atoms with van der Waals surface area (Å²) in [5.74, 6) is -0.232. The number of halogens is 2. The van der Waals surface area contributed by atoms with Crippen molar-refractivity contribution in [1.29, 1.82) is 0 Å². The largest absolute Gasteiger partial charge is 0.374 e. The van der Waals surface area contributed by atoms with E-state index in [4.69, 9.17) is 0 Å². The van der Waals surface area contributed by atoms with Crippen molar-refractivity contribution in [1.82, 2.24) is 5.32 Å². The summed E-state index contributed by atoms with van der Waals surface area (Å²) in [7, 11) is 0. The second-order valence-electron chi connectivity index (χ2n) is 2.43. The summed E-state index contributed by atoms with van der Waals surface area (Å²) in [5, 5.41) is 2.08. The van der Waals surface area contributed by atoms with E-state index in [1.807, 2.05) is 0 Å². The fourth-order valence-electron chi connectivity index (χ4n) is 0.567. The van der Waals surface area contributed by atoms with E-state index in [1.165, 1.54) is 0 Å². The van der Waals surface area contributed by atoms with Crippen LogP contribution >= 0.6 is 12.6 Å². The van der Waals surface area contributed by atoms with Gasteiger partial charge in [0.25, 0.3) is 6.43 Å². The van der Waals surface area contributed by atoms with Gasteiger partial charge in [-0.15, -0.1) is 0 Å². The average molecular weight is 213 g/mol. The molecule has 0 aliphatic heterocycles. The van der Waals surface area contributed by atoms with Gasteiger partial charge in [-0.1, -0.05) is 0 Å². The van der Waals surface area contributed by atoms with Gasteiger partial charge in [-0.3, -0.25) is 4.79 Å². The van der Waals surface area contributed by atoms with E-state index in [1.54, 1.807) is 6.92 Å². The third-order valence-electron chi connectivity index (χ3n) is 1.17. The van der Waals surface area contributed by atoms with Gasteiger partial charge in [-0.2, -0.15) is 12.6 Å². The number of alkyl halides is 2. The van der Waals surface area contributed by atoms with Crippen molar-refractivity contribution >= 4 is 18.5 Å². The highest BCUT2D eigenvalue weighted by Crippen LogP contribution is 1.92. The quantitative estimate of drug-likeness (QED) is 0.503. The number of carbonyl (C=O) groups excluding carboxylic acids is 1. The van der Waals surface area contributed by atoms with Crippen molar-refractivity contribution in [2.45, 2.75) is 18.6 Å². The zero-order valence-corrected chi connectivity index (χ0v) is 8.19. The average Bonchev–Trinajstić information content (AvgIpc) is 2.02. The minimum atomic E-state index is -2.46. The minimum Gasteiger partial charge on any atom is -0.374 e. The molecule has 0 aliphatic carbocycles. The number of thiol groups is 1. The normalized spacial score (nSPS) is 13.0. The second-order valence-corrected chi connectivity index (χ2v) is 3.21. The van der Waals surface area contributed by atoms with Gasteiger partial charge in [-0.05, 0) is 6.92 Å². The molecule has 13 heavy (non-hydrogen) atoms. The van der Waals surface area contributed by atoms with E-state index in [0.29, 0.717) is 0 Å². The van der Waals surface area contributed by atoms with Gasteiger partial charge < -0.3 is 10.1 Å². The monoisotopic (exact) mass is 213 g/mol. The Morgan fingerprint density at radius 3 is 2.69 bits per heavy atom. The topological polar surface area (TPSA) is 38.3 Å². The molecule has 6 heteroatoms. The van der Waals surface area contributed by atoms with Crippen LogP contribution in [0.25, 0.3) is 0 Å². The molecule has 0 aromatic rings. The highest BCUT2D eigenvalue weighted by molar-refractivity contribution is 7.81. The molecular weight excluding hydrogens is 200 g/mol. The van der Waals surface area contributed by atoms with E-state index in [-0.39, 0.29) is 19.1 Å². The number of hydrogen-bond acceptors (Lipinski definition) is 3. The highest BCUT2D eigenvalue weighted by atomic mass is 32.1. The molecule has 1 N–H and O–H groups in total. The lowest BCUT2D eigenvalue weighted by Gasteiger charge is -2.07. The van der Waals surface area contributed by atoms with Crippen molar-refractivity contribution in [3.63, 3.8) is 0 Å². The number of ether oxygens (including phenoxy) is 1. The van der Waals surface area contributed by atoms with Crippen molar-refractivity contribution < 1.29 is 18.3 Å². The summed E-state index contributed by atoms with van der Waals surface area (Å²) in [6.07, 6.45) is -2.46. The summed E-state index contributed by atoms with van der Waals surface area (Å²) < 4.78 is 27.6. The molecule has 0 heterocycles. The summed E-state index contributed by atoms with van der Waals surface area (Å²) in [4.78, 5) is 10.8. The van der Waals surface area contributed by atoms with Gasteiger partial charge in [0.2, 0.25) is 5.91 Å². The molecule has 0 saturated heterocycles. The van der Waals surface area contributed by atoms with Gasteiger partial charge in [0, 0.05) is 6.54 Å².